The molecule has 0 aromatic heterocycles. The van der Waals surface area contributed by atoms with E-state index < -0.39 is 0 Å². The first-order valence-electron chi connectivity index (χ1n) is 6.17. The zero-order valence-corrected chi connectivity index (χ0v) is 12.1. The van der Waals surface area contributed by atoms with Crippen molar-refractivity contribution in [1.82, 2.24) is 0 Å². The summed E-state index contributed by atoms with van der Waals surface area (Å²) >= 11 is 0. The van der Waals surface area contributed by atoms with Crippen molar-refractivity contribution < 1.29 is 24.1 Å². The van der Waals surface area contributed by atoms with Crippen LogP contribution in [0.2, 0.25) is 0 Å². The van der Waals surface area contributed by atoms with Gasteiger partial charge in [-0.25, -0.2) is 0 Å². The van der Waals surface area contributed by atoms with E-state index >= 15 is 0 Å². The summed E-state index contributed by atoms with van der Waals surface area (Å²) in [6.07, 6.45) is 1.45. The predicted molar refractivity (Wildman–Crippen MR) is 70.2 cm³/mol. The van der Waals surface area contributed by atoms with E-state index in [-0.39, 0.29) is 25.5 Å². The number of carbonyl (C=O) groups excluding carboxylic acids is 1. The second kappa shape index (κ2) is 14.2. The Morgan fingerprint density at radius 2 is 1.61 bits per heavy atom. The van der Waals surface area contributed by atoms with Crippen molar-refractivity contribution in [3.05, 3.63) is 11.6 Å². The highest BCUT2D eigenvalue weighted by molar-refractivity contribution is 5.66. The molecule has 0 aromatic carbocycles. The highest BCUT2D eigenvalue weighted by Crippen LogP contribution is 2.07. The molecule has 0 rings (SSSR count). The number of aliphatic hydroxyl groups excluding tert-OH is 1. The summed E-state index contributed by atoms with van der Waals surface area (Å²) in [5, 5.41) is 7.57. The quantitative estimate of drug-likeness (QED) is 0.431. The van der Waals surface area contributed by atoms with Crippen LogP contribution in [-0.4, -0.2) is 43.8 Å². The van der Waals surface area contributed by atoms with E-state index in [1.165, 1.54) is 6.92 Å². The zero-order chi connectivity index (χ0) is 14.4. The molecule has 0 saturated heterocycles. The lowest BCUT2D eigenvalue weighted by molar-refractivity contribution is -0.139. The molecule has 0 saturated carbocycles. The van der Waals surface area contributed by atoms with Crippen molar-refractivity contribution in [2.24, 2.45) is 0 Å². The molecule has 18 heavy (non-hydrogen) atoms. The van der Waals surface area contributed by atoms with Crippen LogP contribution in [0.5, 0.6) is 0 Å². The lowest BCUT2D eigenvalue weighted by Crippen LogP contribution is -2.19. The van der Waals surface area contributed by atoms with Gasteiger partial charge in [0.2, 0.25) is 0 Å². The summed E-state index contributed by atoms with van der Waals surface area (Å²) in [7, 11) is 0. The van der Waals surface area contributed by atoms with Crippen LogP contribution in [0.1, 0.15) is 34.6 Å². The van der Waals surface area contributed by atoms with Gasteiger partial charge in [0.05, 0.1) is 0 Å². The molecule has 0 atom stereocenters. The van der Waals surface area contributed by atoms with Crippen LogP contribution in [0.4, 0.5) is 0 Å². The van der Waals surface area contributed by atoms with Crippen molar-refractivity contribution in [1.29, 1.82) is 0 Å². The summed E-state index contributed by atoms with van der Waals surface area (Å²) in [5.41, 5.74) is 0.917. The van der Waals surface area contributed by atoms with Gasteiger partial charge in [-0.2, -0.15) is 0 Å². The van der Waals surface area contributed by atoms with Crippen LogP contribution in [-0.2, 0) is 19.0 Å². The average Bonchev–Trinajstić information content (AvgIpc) is 2.29. The Balaban J connectivity index is 0. The molecule has 108 valence electrons. The second-order valence-electron chi connectivity index (χ2n) is 3.31. The van der Waals surface area contributed by atoms with Crippen LogP contribution in [0.25, 0.3) is 0 Å². The largest absolute Gasteiger partial charge is 0.462 e. The third kappa shape index (κ3) is 13.2. The molecule has 0 aliphatic rings. The molecule has 1 N–H and O–H groups in total. The minimum Gasteiger partial charge on any atom is -0.462 e. The molecular weight excluding hydrogens is 236 g/mol. The number of hydrogen-bond donors (Lipinski definition) is 1. The van der Waals surface area contributed by atoms with E-state index in [1.807, 2.05) is 20.8 Å². The van der Waals surface area contributed by atoms with Gasteiger partial charge in [-0.05, 0) is 39.3 Å². The molecule has 0 aromatic rings. The maximum absolute atomic E-state index is 10.5. The summed E-state index contributed by atoms with van der Waals surface area (Å²) in [6.45, 7) is 10.5. The van der Waals surface area contributed by atoms with Crippen LogP contribution >= 0.6 is 0 Å². The zero-order valence-electron chi connectivity index (χ0n) is 12.1. The predicted octanol–water partition coefficient (Wildman–Crippen LogP) is 1.89. The Morgan fingerprint density at radius 3 is 1.94 bits per heavy atom. The molecule has 0 radical (unpaired) electrons. The van der Waals surface area contributed by atoms with Gasteiger partial charge in [0.25, 0.3) is 0 Å². The van der Waals surface area contributed by atoms with E-state index in [9.17, 15) is 4.79 Å². The lowest BCUT2D eigenvalue weighted by Gasteiger charge is -2.17. The molecule has 5 heteroatoms. The molecule has 0 aliphatic carbocycles. The maximum Gasteiger partial charge on any atom is 0.302 e. The van der Waals surface area contributed by atoms with E-state index in [4.69, 9.17) is 19.3 Å². The Hall–Kier alpha value is -0.910. The van der Waals surface area contributed by atoms with Gasteiger partial charge in [0.1, 0.15) is 6.61 Å². The normalized spacial score (nSPS) is 10.9. The third-order valence-corrected chi connectivity index (χ3v) is 1.70. The number of rotatable bonds is 7. The molecule has 0 aliphatic heterocycles. The van der Waals surface area contributed by atoms with Gasteiger partial charge in [0.15, 0.2) is 6.29 Å². The Bertz CT molecular complexity index is 219. The smallest absolute Gasteiger partial charge is 0.302 e. The van der Waals surface area contributed by atoms with E-state index in [0.717, 1.165) is 5.57 Å². The molecule has 0 spiro atoms. The summed E-state index contributed by atoms with van der Waals surface area (Å²) in [6, 6.07) is 0. The number of hydrogen-bond acceptors (Lipinski definition) is 5. The fraction of sp³-hybridized carbons (Fsp3) is 0.769. The molecule has 0 unspecified atom stereocenters. The summed E-state index contributed by atoms with van der Waals surface area (Å²) in [5.74, 6) is -0.289. The van der Waals surface area contributed by atoms with Crippen LogP contribution in [0.3, 0.4) is 0 Å². The van der Waals surface area contributed by atoms with Gasteiger partial charge in [-0.1, -0.05) is 0 Å². The molecule has 5 nitrogen and oxygen atoms in total. The minimum atomic E-state index is -0.337. The van der Waals surface area contributed by atoms with Gasteiger partial charge in [-0.15, -0.1) is 0 Å². The van der Waals surface area contributed by atoms with Crippen molar-refractivity contribution in [2.45, 2.75) is 40.9 Å². The first-order valence-corrected chi connectivity index (χ1v) is 6.17. The fourth-order valence-electron chi connectivity index (χ4n) is 1.00. The second-order valence-corrected chi connectivity index (χ2v) is 3.31. The molecule has 0 amide bonds. The maximum atomic E-state index is 10.5. The number of esters is 1. The first-order chi connectivity index (χ1) is 8.53. The van der Waals surface area contributed by atoms with Crippen LogP contribution < -0.4 is 0 Å². The monoisotopic (exact) mass is 262 g/mol. The standard InChI is InChI=1S/C11H20O4.C2H6O/c1-5-13-11(14-6-2)9(3)7-8-15-10(4)12;1-2-3/h7,11H,5-6,8H2,1-4H3;3H,2H2,1H3. The summed E-state index contributed by atoms with van der Waals surface area (Å²) < 4.78 is 15.5. The van der Waals surface area contributed by atoms with Gasteiger partial charge >= 0.3 is 5.97 Å². The minimum absolute atomic E-state index is 0.250. The van der Waals surface area contributed by atoms with Crippen molar-refractivity contribution in [2.75, 3.05) is 26.4 Å². The lowest BCUT2D eigenvalue weighted by atomic mass is 10.3. The topological polar surface area (TPSA) is 65.0 Å². The van der Waals surface area contributed by atoms with Crippen LogP contribution in [0.15, 0.2) is 11.6 Å². The van der Waals surface area contributed by atoms with Crippen molar-refractivity contribution in [3.8, 4) is 0 Å². The van der Waals surface area contributed by atoms with E-state index in [1.54, 1.807) is 13.0 Å². The van der Waals surface area contributed by atoms with E-state index in [2.05, 4.69) is 0 Å². The van der Waals surface area contributed by atoms with Gasteiger partial charge in [0, 0.05) is 26.7 Å². The Kier molecular flexibility index (Phi) is 15.3. The SMILES string of the molecule is CCO.CCOC(OCC)C(C)=CCOC(C)=O. The van der Waals surface area contributed by atoms with Gasteiger partial charge in [-0.3, -0.25) is 4.79 Å². The number of carbonyl (C=O) groups is 1. The van der Waals surface area contributed by atoms with E-state index in [0.29, 0.717) is 13.2 Å². The number of aliphatic hydroxyl groups is 1. The highest BCUT2D eigenvalue weighted by atomic mass is 16.7. The Morgan fingerprint density at radius 1 is 1.17 bits per heavy atom. The molecule has 0 fully saturated rings. The first kappa shape index (κ1) is 19.4. The molecular formula is C13H26O5. The van der Waals surface area contributed by atoms with Crippen molar-refractivity contribution in [3.63, 3.8) is 0 Å². The van der Waals surface area contributed by atoms with Gasteiger partial charge < -0.3 is 19.3 Å². The van der Waals surface area contributed by atoms with Crippen molar-refractivity contribution >= 4 is 5.97 Å². The molecule has 0 bridgehead atoms. The summed E-state index contributed by atoms with van der Waals surface area (Å²) in [4.78, 5) is 10.5. The highest BCUT2D eigenvalue weighted by Gasteiger charge is 2.09. The third-order valence-electron chi connectivity index (χ3n) is 1.70. The van der Waals surface area contributed by atoms with Crippen LogP contribution in [0, 0.1) is 0 Å². The number of ether oxygens (including phenoxy) is 3. The average molecular weight is 262 g/mol. The fourth-order valence-corrected chi connectivity index (χ4v) is 1.00. The Labute approximate surface area is 110 Å². The molecule has 0 heterocycles.